The molecule has 0 radical (unpaired) electrons. The second-order valence-electron chi connectivity index (χ2n) is 3.63. The minimum atomic E-state index is 0.395. The Bertz CT molecular complexity index is 743. The van der Waals surface area contributed by atoms with Crippen molar-refractivity contribution in [3.63, 3.8) is 0 Å². The van der Waals surface area contributed by atoms with Crippen molar-refractivity contribution in [1.29, 1.82) is 0 Å². The fraction of sp³-hybridized carbons (Fsp3) is 0. The van der Waals surface area contributed by atoms with Crippen molar-refractivity contribution < 1.29 is 0 Å². The fourth-order valence-electron chi connectivity index (χ4n) is 1.72. The van der Waals surface area contributed by atoms with Crippen LogP contribution in [0.25, 0.3) is 22.3 Å². The van der Waals surface area contributed by atoms with E-state index in [0.717, 1.165) is 16.5 Å². The van der Waals surface area contributed by atoms with E-state index < -0.39 is 0 Å². The lowest BCUT2D eigenvalue weighted by Gasteiger charge is -2.02. The first-order valence-electron chi connectivity index (χ1n) is 5.03. The highest BCUT2D eigenvalue weighted by atomic mass is 32.1. The Kier molecular flexibility index (Phi) is 2.15. The number of fused-ring (bicyclic) bond motifs is 1. The fourth-order valence-corrected chi connectivity index (χ4v) is 1.86. The van der Waals surface area contributed by atoms with Gasteiger partial charge in [-0.1, -0.05) is 6.07 Å². The molecule has 0 atom stereocenters. The normalized spacial score (nSPS) is 10.8. The molecule has 2 heterocycles. The third kappa shape index (κ3) is 1.58. The largest absolute Gasteiger partial charge is 0.335 e. The van der Waals surface area contributed by atoms with Crippen molar-refractivity contribution in [1.82, 2.24) is 19.9 Å². The molecule has 0 spiro atoms. The summed E-state index contributed by atoms with van der Waals surface area (Å²) in [6.45, 7) is 0. The molecule has 0 amide bonds. The Labute approximate surface area is 102 Å². The lowest BCUT2D eigenvalue weighted by molar-refractivity contribution is 0.984. The van der Waals surface area contributed by atoms with E-state index in [0.29, 0.717) is 10.6 Å². The molecular weight excluding hydrogens is 234 g/mol. The standard InChI is InChI=1S/C11H9N5S/c12-16-10(14-15-11(16)17)8-3-4-9-7(6-8)2-1-5-13-9/h1-6H,12H2,(H,15,17). The quantitative estimate of drug-likeness (QED) is 0.505. The molecule has 3 aromatic rings. The van der Waals surface area contributed by atoms with E-state index in [4.69, 9.17) is 18.1 Å². The van der Waals surface area contributed by atoms with Crippen molar-refractivity contribution in [2.45, 2.75) is 0 Å². The Hall–Kier alpha value is -2.21. The van der Waals surface area contributed by atoms with Crippen LogP contribution in [0.1, 0.15) is 0 Å². The van der Waals surface area contributed by atoms with E-state index in [1.54, 1.807) is 6.20 Å². The second kappa shape index (κ2) is 3.67. The van der Waals surface area contributed by atoms with Gasteiger partial charge in [-0.15, -0.1) is 0 Å². The van der Waals surface area contributed by atoms with Crippen molar-refractivity contribution in [3.05, 3.63) is 41.3 Å². The van der Waals surface area contributed by atoms with Crippen molar-refractivity contribution in [2.24, 2.45) is 0 Å². The lowest BCUT2D eigenvalue weighted by Crippen LogP contribution is -2.09. The first kappa shape index (κ1) is 9.98. The van der Waals surface area contributed by atoms with E-state index in [1.165, 1.54) is 4.68 Å². The molecule has 0 aliphatic carbocycles. The van der Waals surface area contributed by atoms with Gasteiger partial charge in [-0.25, -0.2) is 9.77 Å². The Morgan fingerprint density at radius 3 is 2.94 bits per heavy atom. The average molecular weight is 243 g/mol. The summed E-state index contributed by atoms with van der Waals surface area (Å²) in [5.41, 5.74) is 1.84. The number of nitrogens with two attached hydrogens (primary N) is 1. The predicted molar refractivity (Wildman–Crippen MR) is 68.3 cm³/mol. The third-order valence-electron chi connectivity index (χ3n) is 2.57. The summed E-state index contributed by atoms with van der Waals surface area (Å²) in [6, 6.07) is 9.72. The molecule has 0 unspecified atom stereocenters. The summed E-state index contributed by atoms with van der Waals surface area (Å²) >= 11 is 4.98. The van der Waals surface area contributed by atoms with Crippen LogP contribution in [0.3, 0.4) is 0 Å². The molecule has 0 aliphatic heterocycles. The third-order valence-corrected chi connectivity index (χ3v) is 2.85. The van der Waals surface area contributed by atoms with E-state index in [1.807, 2.05) is 30.3 Å². The van der Waals surface area contributed by atoms with Crippen LogP contribution in [-0.2, 0) is 0 Å². The number of aromatic amines is 1. The molecular formula is C11H9N5S. The first-order chi connectivity index (χ1) is 8.25. The predicted octanol–water partition coefficient (Wildman–Crippen LogP) is 1.87. The zero-order chi connectivity index (χ0) is 11.8. The number of hydrogen-bond donors (Lipinski definition) is 2. The highest BCUT2D eigenvalue weighted by molar-refractivity contribution is 7.71. The number of H-pyrrole nitrogens is 1. The molecule has 84 valence electrons. The van der Waals surface area contributed by atoms with Crippen molar-refractivity contribution in [2.75, 3.05) is 5.84 Å². The number of pyridine rings is 1. The van der Waals surface area contributed by atoms with Gasteiger partial charge in [-0.05, 0) is 36.5 Å². The van der Waals surface area contributed by atoms with Gasteiger partial charge >= 0.3 is 0 Å². The maximum Gasteiger partial charge on any atom is 0.214 e. The number of nitrogens with zero attached hydrogens (tertiary/aromatic N) is 3. The maximum atomic E-state index is 5.78. The van der Waals surface area contributed by atoms with Gasteiger partial charge in [-0.3, -0.25) is 4.98 Å². The molecule has 3 N–H and O–H groups in total. The van der Waals surface area contributed by atoms with Gasteiger partial charge in [-0.2, -0.15) is 5.10 Å². The zero-order valence-corrected chi connectivity index (χ0v) is 9.61. The monoisotopic (exact) mass is 243 g/mol. The Morgan fingerprint density at radius 2 is 2.18 bits per heavy atom. The summed E-state index contributed by atoms with van der Waals surface area (Å²) in [4.78, 5) is 4.26. The van der Waals surface area contributed by atoms with Crippen LogP contribution in [0.15, 0.2) is 36.5 Å². The van der Waals surface area contributed by atoms with Gasteiger partial charge in [0.25, 0.3) is 0 Å². The minimum absolute atomic E-state index is 0.395. The van der Waals surface area contributed by atoms with E-state index in [-0.39, 0.29) is 0 Å². The van der Waals surface area contributed by atoms with Crippen LogP contribution in [0.2, 0.25) is 0 Å². The molecule has 2 aromatic heterocycles. The number of hydrogen-bond acceptors (Lipinski definition) is 4. The van der Waals surface area contributed by atoms with Gasteiger partial charge < -0.3 is 5.84 Å². The number of nitrogen functional groups attached to an aromatic ring is 1. The smallest absolute Gasteiger partial charge is 0.214 e. The molecule has 0 aliphatic rings. The van der Waals surface area contributed by atoms with Crippen LogP contribution < -0.4 is 5.84 Å². The van der Waals surface area contributed by atoms with Gasteiger partial charge in [0.05, 0.1) is 5.52 Å². The minimum Gasteiger partial charge on any atom is -0.335 e. The SMILES string of the molecule is Nn1c(-c2ccc3ncccc3c2)n[nH]c1=S. The number of benzene rings is 1. The molecule has 6 heteroatoms. The number of aromatic nitrogens is 4. The molecule has 0 saturated heterocycles. The summed E-state index contributed by atoms with van der Waals surface area (Å²) in [7, 11) is 0. The lowest BCUT2D eigenvalue weighted by atomic mass is 10.1. The van der Waals surface area contributed by atoms with Crippen LogP contribution in [-0.4, -0.2) is 19.9 Å². The van der Waals surface area contributed by atoms with Crippen LogP contribution in [0.5, 0.6) is 0 Å². The van der Waals surface area contributed by atoms with Gasteiger partial charge in [0.15, 0.2) is 5.82 Å². The second-order valence-corrected chi connectivity index (χ2v) is 4.02. The summed E-state index contributed by atoms with van der Waals surface area (Å²) in [5, 5.41) is 7.79. The Morgan fingerprint density at radius 1 is 1.29 bits per heavy atom. The highest BCUT2D eigenvalue weighted by Gasteiger charge is 2.06. The summed E-state index contributed by atoms with van der Waals surface area (Å²) in [6.07, 6.45) is 1.76. The maximum absolute atomic E-state index is 5.78. The number of rotatable bonds is 1. The van der Waals surface area contributed by atoms with Gasteiger partial charge in [0.1, 0.15) is 0 Å². The first-order valence-corrected chi connectivity index (χ1v) is 5.44. The molecule has 3 rings (SSSR count). The van der Waals surface area contributed by atoms with Crippen molar-refractivity contribution >= 4 is 23.1 Å². The van der Waals surface area contributed by atoms with E-state index in [9.17, 15) is 0 Å². The van der Waals surface area contributed by atoms with E-state index >= 15 is 0 Å². The summed E-state index contributed by atoms with van der Waals surface area (Å²) in [5.74, 6) is 6.39. The van der Waals surface area contributed by atoms with Crippen LogP contribution >= 0.6 is 12.2 Å². The molecule has 0 bridgehead atoms. The highest BCUT2D eigenvalue weighted by Crippen LogP contribution is 2.20. The molecule has 0 fully saturated rings. The van der Waals surface area contributed by atoms with Crippen molar-refractivity contribution in [3.8, 4) is 11.4 Å². The summed E-state index contributed by atoms with van der Waals surface area (Å²) < 4.78 is 1.75. The van der Waals surface area contributed by atoms with Crippen LogP contribution in [0.4, 0.5) is 0 Å². The van der Waals surface area contributed by atoms with E-state index in [2.05, 4.69) is 15.2 Å². The molecule has 0 saturated carbocycles. The van der Waals surface area contributed by atoms with Gasteiger partial charge in [0.2, 0.25) is 4.77 Å². The van der Waals surface area contributed by atoms with Gasteiger partial charge in [0, 0.05) is 17.1 Å². The Balaban J connectivity index is 2.25. The molecule has 1 aromatic carbocycles. The molecule has 17 heavy (non-hydrogen) atoms. The number of nitrogens with one attached hydrogen (secondary N) is 1. The van der Waals surface area contributed by atoms with Crippen LogP contribution in [0, 0.1) is 4.77 Å². The zero-order valence-electron chi connectivity index (χ0n) is 8.79. The topological polar surface area (TPSA) is 72.5 Å². The average Bonchev–Trinajstić information content (AvgIpc) is 2.70. The molecule has 5 nitrogen and oxygen atoms in total.